The van der Waals surface area contributed by atoms with Gasteiger partial charge in [-0.2, -0.15) is 0 Å². The van der Waals surface area contributed by atoms with Crippen LogP contribution in [-0.4, -0.2) is 0 Å². The van der Waals surface area contributed by atoms with E-state index in [4.69, 9.17) is 4.74 Å². The number of rotatable bonds is 2. The van der Waals surface area contributed by atoms with E-state index < -0.39 is 0 Å². The van der Waals surface area contributed by atoms with Crippen LogP contribution in [0, 0.1) is 0 Å². The van der Waals surface area contributed by atoms with Gasteiger partial charge >= 0.3 is 0 Å². The van der Waals surface area contributed by atoms with E-state index in [1.807, 2.05) is 0 Å². The Labute approximate surface area is 283 Å². The van der Waals surface area contributed by atoms with Gasteiger partial charge in [-0.1, -0.05) is 146 Å². The molecule has 0 aromatic heterocycles. The monoisotopic (exact) mass is 620 g/mol. The predicted octanol–water partition coefficient (Wildman–Crippen LogP) is 13.7. The zero-order valence-electron chi connectivity index (χ0n) is 26.6. The van der Waals surface area contributed by atoms with Crippen molar-refractivity contribution < 1.29 is 4.74 Å². The second-order valence-electron chi connectivity index (χ2n) is 13.2. The third-order valence-electron chi connectivity index (χ3n) is 10.6. The minimum absolute atomic E-state index is 0.898. The largest absolute Gasteiger partial charge is 0.456 e. The average Bonchev–Trinajstić information content (AvgIpc) is 3.16. The topological polar surface area (TPSA) is 9.23 Å². The van der Waals surface area contributed by atoms with E-state index >= 15 is 0 Å². The molecule has 0 fully saturated rings. The van der Waals surface area contributed by atoms with Crippen molar-refractivity contribution in [3.05, 3.63) is 170 Å². The van der Waals surface area contributed by atoms with Crippen LogP contribution < -0.4 is 4.74 Å². The minimum Gasteiger partial charge on any atom is -0.456 e. The van der Waals surface area contributed by atoms with E-state index in [0.29, 0.717) is 0 Å². The molecule has 1 heterocycles. The number of hydrogen-bond acceptors (Lipinski definition) is 1. The van der Waals surface area contributed by atoms with Crippen molar-refractivity contribution in [1.29, 1.82) is 0 Å². The molecule has 0 aliphatic carbocycles. The predicted molar refractivity (Wildman–Crippen MR) is 208 cm³/mol. The van der Waals surface area contributed by atoms with Crippen molar-refractivity contribution in [2.45, 2.75) is 0 Å². The summed E-state index contributed by atoms with van der Waals surface area (Å²) in [6.45, 7) is 0. The van der Waals surface area contributed by atoms with Crippen molar-refractivity contribution in [2.75, 3.05) is 0 Å². The molecule has 0 radical (unpaired) electrons. The third-order valence-corrected chi connectivity index (χ3v) is 10.6. The summed E-state index contributed by atoms with van der Waals surface area (Å²) in [4.78, 5) is 0. The Bertz CT molecular complexity index is 3020. The smallest absolute Gasteiger partial charge is 0.136 e. The highest BCUT2D eigenvalue weighted by Crippen LogP contribution is 2.50. The van der Waals surface area contributed by atoms with Gasteiger partial charge in [0.15, 0.2) is 0 Å². The summed E-state index contributed by atoms with van der Waals surface area (Å²) in [6, 6.07) is 62.1. The first-order chi connectivity index (χ1) is 24.3. The summed E-state index contributed by atoms with van der Waals surface area (Å²) < 4.78 is 6.63. The Morgan fingerprint density at radius 1 is 0.286 bits per heavy atom. The molecule has 1 aliphatic heterocycles. The van der Waals surface area contributed by atoms with Crippen LogP contribution in [0.3, 0.4) is 0 Å². The maximum absolute atomic E-state index is 6.63. The van der Waals surface area contributed by atoms with Crippen molar-refractivity contribution in [1.82, 2.24) is 0 Å². The number of benzene rings is 10. The standard InChI is InChI=1S/C48H28O/c1-4-14-34-29(10-1)13-7-18-40(34)48-37-16-6-3-11-30(37)26-33-22-24-38-35(17-8-20-41(38)46(33)48)32-23-25-44-43(27-32)42-21-9-19-39-36-15-5-2-12-31(36)28-45(49-44)47(39)42/h1-28H. The van der Waals surface area contributed by atoms with Gasteiger partial charge < -0.3 is 4.74 Å². The molecule has 0 saturated carbocycles. The van der Waals surface area contributed by atoms with Crippen LogP contribution in [0.4, 0.5) is 0 Å². The van der Waals surface area contributed by atoms with Gasteiger partial charge in [-0.3, -0.25) is 0 Å². The fraction of sp³-hybridized carbons (Fsp3) is 0. The fourth-order valence-electron chi connectivity index (χ4n) is 8.45. The Hall–Kier alpha value is -6.44. The Morgan fingerprint density at radius 2 is 0.918 bits per heavy atom. The SMILES string of the molecule is c1ccc2c(-c3c4ccccc4cc4ccc5c(-c6ccc7c(c6)-c6cccc8c6c(cc6ccccc68)O7)cccc5c34)cccc2c1. The van der Waals surface area contributed by atoms with Crippen molar-refractivity contribution in [3.63, 3.8) is 0 Å². The van der Waals surface area contributed by atoms with Crippen LogP contribution in [0.1, 0.15) is 0 Å². The summed E-state index contributed by atoms with van der Waals surface area (Å²) in [7, 11) is 0. The van der Waals surface area contributed by atoms with Gasteiger partial charge in [0.1, 0.15) is 11.5 Å². The lowest BCUT2D eigenvalue weighted by atomic mass is 9.85. The third kappa shape index (κ3) is 3.82. The molecule has 49 heavy (non-hydrogen) atoms. The highest BCUT2D eigenvalue weighted by molar-refractivity contribution is 6.25. The van der Waals surface area contributed by atoms with Gasteiger partial charge in [-0.25, -0.2) is 0 Å². The molecule has 0 N–H and O–H groups in total. The molecule has 1 nitrogen and oxygen atoms in total. The molecule has 1 aliphatic rings. The van der Waals surface area contributed by atoms with E-state index in [9.17, 15) is 0 Å². The second-order valence-corrected chi connectivity index (χ2v) is 13.2. The minimum atomic E-state index is 0.898. The normalized spacial score (nSPS) is 12.2. The highest BCUT2D eigenvalue weighted by Gasteiger charge is 2.23. The Kier molecular flexibility index (Phi) is 5.45. The molecule has 0 spiro atoms. The second kappa shape index (κ2) is 10.0. The van der Waals surface area contributed by atoms with Gasteiger partial charge in [0.2, 0.25) is 0 Å². The molecule has 1 heteroatoms. The highest BCUT2D eigenvalue weighted by atomic mass is 16.5. The molecule has 10 aromatic rings. The lowest BCUT2D eigenvalue weighted by Gasteiger charge is -2.23. The van der Waals surface area contributed by atoms with E-state index in [-0.39, 0.29) is 0 Å². The summed E-state index contributed by atoms with van der Waals surface area (Å²) in [5, 5.41) is 15.0. The number of ether oxygens (including phenoxy) is 1. The van der Waals surface area contributed by atoms with Gasteiger partial charge in [0, 0.05) is 10.9 Å². The molecule has 0 bridgehead atoms. The average molecular weight is 621 g/mol. The molecule has 0 amide bonds. The van der Waals surface area contributed by atoms with Crippen LogP contribution in [0.2, 0.25) is 0 Å². The molecule has 10 aromatic carbocycles. The van der Waals surface area contributed by atoms with Crippen LogP contribution in [0.5, 0.6) is 11.5 Å². The molecular formula is C48H28O. The first-order valence-corrected chi connectivity index (χ1v) is 16.9. The summed E-state index contributed by atoms with van der Waals surface area (Å²) in [5.74, 6) is 1.82. The molecule has 0 unspecified atom stereocenters. The molecule has 11 rings (SSSR count). The van der Waals surface area contributed by atoms with Crippen LogP contribution in [-0.2, 0) is 0 Å². The van der Waals surface area contributed by atoms with Gasteiger partial charge in [-0.15, -0.1) is 0 Å². The molecular weight excluding hydrogens is 593 g/mol. The Balaban J connectivity index is 1.18. The van der Waals surface area contributed by atoms with E-state index in [2.05, 4.69) is 170 Å². The van der Waals surface area contributed by atoms with Gasteiger partial charge in [0.05, 0.1) is 0 Å². The van der Waals surface area contributed by atoms with Crippen molar-refractivity contribution in [2.24, 2.45) is 0 Å². The zero-order valence-corrected chi connectivity index (χ0v) is 26.6. The van der Waals surface area contributed by atoms with Crippen LogP contribution in [0.15, 0.2) is 170 Å². The molecule has 226 valence electrons. The van der Waals surface area contributed by atoms with E-state index in [0.717, 1.165) is 17.1 Å². The van der Waals surface area contributed by atoms with Crippen LogP contribution in [0.25, 0.3) is 98.0 Å². The van der Waals surface area contributed by atoms with Gasteiger partial charge in [-0.05, 0) is 111 Å². The zero-order chi connectivity index (χ0) is 32.1. The van der Waals surface area contributed by atoms with Crippen molar-refractivity contribution in [3.8, 4) is 44.9 Å². The maximum Gasteiger partial charge on any atom is 0.136 e. The molecule has 0 saturated heterocycles. The van der Waals surface area contributed by atoms with E-state index in [1.165, 1.54) is 92.5 Å². The summed E-state index contributed by atoms with van der Waals surface area (Å²) in [6.07, 6.45) is 0. The lowest BCUT2D eigenvalue weighted by molar-refractivity contribution is 0.488. The number of fused-ring (bicyclic) bond motifs is 9. The summed E-state index contributed by atoms with van der Waals surface area (Å²) >= 11 is 0. The lowest BCUT2D eigenvalue weighted by Crippen LogP contribution is -1.98. The van der Waals surface area contributed by atoms with E-state index in [1.54, 1.807) is 0 Å². The maximum atomic E-state index is 6.63. The van der Waals surface area contributed by atoms with Crippen LogP contribution >= 0.6 is 0 Å². The molecule has 0 atom stereocenters. The first-order valence-electron chi connectivity index (χ1n) is 16.9. The van der Waals surface area contributed by atoms with Crippen molar-refractivity contribution >= 4 is 64.6 Å². The first kappa shape index (κ1) is 26.6. The fourth-order valence-corrected chi connectivity index (χ4v) is 8.45. The number of hydrogen-bond donors (Lipinski definition) is 0. The quantitative estimate of drug-likeness (QED) is 0.138. The Morgan fingerprint density at radius 3 is 1.78 bits per heavy atom. The summed E-state index contributed by atoms with van der Waals surface area (Å²) in [5.41, 5.74) is 7.31. The van der Waals surface area contributed by atoms with Gasteiger partial charge in [0.25, 0.3) is 0 Å².